The number of ether oxygens (including phenoxy) is 1. The van der Waals surface area contributed by atoms with Gasteiger partial charge in [0, 0.05) is 58.1 Å². The quantitative estimate of drug-likeness (QED) is 0.727. The minimum atomic E-state index is -0.129. The van der Waals surface area contributed by atoms with E-state index in [0.717, 1.165) is 31.9 Å². The number of carbonyl (C=O) groups is 1. The first-order chi connectivity index (χ1) is 14.0. The van der Waals surface area contributed by atoms with Crippen molar-refractivity contribution in [2.24, 2.45) is 0 Å². The van der Waals surface area contributed by atoms with Crippen LogP contribution in [0.15, 0.2) is 29.2 Å². The van der Waals surface area contributed by atoms with Crippen LogP contribution in [0.4, 0.5) is 0 Å². The SMILES string of the molecule is CC(C(=O)N1CCOCC1)N1CCN(Cc2cc(=O)n3cc(Cl)ccc3n2)CC1. The first kappa shape index (κ1) is 20.3. The first-order valence-electron chi connectivity index (χ1n) is 10.0. The van der Waals surface area contributed by atoms with E-state index in [4.69, 9.17) is 16.3 Å². The highest BCUT2D eigenvalue weighted by Crippen LogP contribution is 2.13. The van der Waals surface area contributed by atoms with Gasteiger partial charge in [-0.1, -0.05) is 11.6 Å². The fourth-order valence-electron chi connectivity index (χ4n) is 3.95. The van der Waals surface area contributed by atoms with Crippen molar-refractivity contribution < 1.29 is 9.53 Å². The second-order valence-electron chi connectivity index (χ2n) is 7.59. The Morgan fingerprint density at radius 1 is 1.17 bits per heavy atom. The second kappa shape index (κ2) is 8.79. The van der Waals surface area contributed by atoms with Crippen LogP contribution < -0.4 is 5.56 Å². The van der Waals surface area contributed by atoms with Crippen LogP contribution >= 0.6 is 11.6 Å². The Labute approximate surface area is 174 Å². The fraction of sp³-hybridized carbons (Fsp3) is 0.550. The molecule has 8 nitrogen and oxygen atoms in total. The number of halogens is 1. The Morgan fingerprint density at radius 2 is 1.90 bits per heavy atom. The summed E-state index contributed by atoms with van der Waals surface area (Å²) in [6, 6.07) is 4.94. The molecule has 156 valence electrons. The molecule has 0 aliphatic carbocycles. The van der Waals surface area contributed by atoms with Crippen molar-refractivity contribution in [1.82, 2.24) is 24.1 Å². The number of amides is 1. The summed E-state index contributed by atoms with van der Waals surface area (Å²) in [4.78, 5) is 36.1. The first-order valence-corrected chi connectivity index (χ1v) is 10.4. The number of pyridine rings is 1. The molecule has 1 atom stereocenters. The molecule has 0 bridgehead atoms. The Morgan fingerprint density at radius 3 is 2.62 bits per heavy atom. The highest BCUT2D eigenvalue weighted by atomic mass is 35.5. The summed E-state index contributed by atoms with van der Waals surface area (Å²) in [7, 11) is 0. The summed E-state index contributed by atoms with van der Waals surface area (Å²) in [6.07, 6.45) is 1.58. The molecule has 0 N–H and O–H groups in total. The van der Waals surface area contributed by atoms with Crippen molar-refractivity contribution in [1.29, 1.82) is 0 Å². The number of hydrogen-bond acceptors (Lipinski definition) is 6. The third kappa shape index (κ3) is 4.61. The van der Waals surface area contributed by atoms with Gasteiger partial charge in [0.2, 0.25) is 5.91 Å². The topological polar surface area (TPSA) is 70.4 Å². The number of rotatable bonds is 4. The predicted octanol–water partition coefficient (Wildman–Crippen LogP) is 0.713. The summed E-state index contributed by atoms with van der Waals surface area (Å²) in [5, 5.41) is 0.506. The monoisotopic (exact) mass is 419 g/mol. The molecule has 2 saturated heterocycles. The van der Waals surface area contributed by atoms with Crippen molar-refractivity contribution in [2.45, 2.75) is 19.5 Å². The lowest BCUT2D eigenvalue weighted by Crippen LogP contribution is -2.55. The summed E-state index contributed by atoms with van der Waals surface area (Å²) in [5.41, 5.74) is 1.22. The van der Waals surface area contributed by atoms with E-state index in [0.29, 0.717) is 43.5 Å². The van der Waals surface area contributed by atoms with Gasteiger partial charge < -0.3 is 9.64 Å². The van der Waals surface area contributed by atoms with Gasteiger partial charge in [-0.3, -0.25) is 23.8 Å². The number of morpholine rings is 1. The van der Waals surface area contributed by atoms with Crippen LogP contribution in [0.2, 0.25) is 5.02 Å². The molecule has 4 rings (SSSR count). The average Bonchev–Trinajstić information content (AvgIpc) is 2.74. The Bertz CT molecular complexity index is 935. The second-order valence-corrected chi connectivity index (χ2v) is 8.02. The number of hydrogen-bond donors (Lipinski definition) is 0. The van der Waals surface area contributed by atoms with E-state index in [1.807, 2.05) is 11.8 Å². The van der Waals surface area contributed by atoms with Crippen LogP contribution in [0.1, 0.15) is 12.6 Å². The maximum Gasteiger partial charge on any atom is 0.258 e. The van der Waals surface area contributed by atoms with Crippen molar-refractivity contribution in [3.8, 4) is 0 Å². The van der Waals surface area contributed by atoms with Crippen LogP contribution in [-0.4, -0.2) is 88.5 Å². The summed E-state index contributed by atoms with van der Waals surface area (Å²) in [5.74, 6) is 0.185. The number of nitrogens with zero attached hydrogens (tertiary/aromatic N) is 5. The zero-order valence-electron chi connectivity index (χ0n) is 16.6. The third-order valence-electron chi connectivity index (χ3n) is 5.70. The summed E-state index contributed by atoms with van der Waals surface area (Å²) in [6.45, 7) is 8.52. The molecule has 0 aromatic carbocycles. The van der Waals surface area contributed by atoms with Gasteiger partial charge in [0.1, 0.15) is 5.65 Å². The zero-order valence-corrected chi connectivity index (χ0v) is 17.3. The molecule has 4 heterocycles. The molecule has 29 heavy (non-hydrogen) atoms. The van der Waals surface area contributed by atoms with E-state index in [9.17, 15) is 9.59 Å². The molecule has 0 spiro atoms. The van der Waals surface area contributed by atoms with E-state index in [1.54, 1.807) is 24.4 Å². The van der Waals surface area contributed by atoms with Gasteiger partial charge in [0.15, 0.2) is 0 Å². The van der Waals surface area contributed by atoms with Gasteiger partial charge in [0.25, 0.3) is 5.56 Å². The maximum atomic E-state index is 12.7. The molecule has 1 amide bonds. The third-order valence-corrected chi connectivity index (χ3v) is 5.92. The van der Waals surface area contributed by atoms with Crippen LogP contribution in [0, 0.1) is 0 Å². The number of fused-ring (bicyclic) bond motifs is 1. The van der Waals surface area contributed by atoms with Gasteiger partial charge in [-0.25, -0.2) is 4.98 Å². The molecule has 2 aliphatic rings. The van der Waals surface area contributed by atoms with Crippen LogP contribution in [-0.2, 0) is 16.1 Å². The minimum Gasteiger partial charge on any atom is -0.378 e. The Hall–Kier alpha value is -2.00. The zero-order chi connectivity index (χ0) is 20.4. The maximum absolute atomic E-state index is 12.7. The van der Waals surface area contributed by atoms with E-state index in [2.05, 4.69) is 14.8 Å². The molecule has 1 unspecified atom stereocenters. The van der Waals surface area contributed by atoms with Crippen molar-refractivity contribution in [3.05, 3.63) is 45.5 Å². The summed E-state index contributed by atoms with van der Waals surface area (Å²) >= 11 is 5.96. The highest BCUT2D eigenvalue weighted by Gasteiger charge is 2.29. The van der Waals surface area contributed by atoms with Crippen molar-refractivity contribution >= 4 is 23.2 Å². The molecular weight excluding hydrogens is 394 g/mol. The van der Waals surface area contributed by atoms with Gasteiger partial charge in [-0.2, -0.15) is 0 Å². The molecule has 2 aromatic rings. The normalized spacial score (nSPS) is 20.1. The molecular formula is C20H26ClN5O3. The lowest BCUT2D eigenvalue weighted by atomic mass is 10.2. The number of carbonyl (C=O) groups excluding carboxylic acids is 1. The highest BCUT2D eigenvalue weighted by molar-refractivity contribution is 6.30. The van der Waals surface area contributed by atoms with E-state index >= 15 is 0 Å². The predicted molar refractivity (Wildman–Crippen MR) is 110 cm³/mol. The van der Waals surface area contributed by atoms with Gasteiger partial charge >= 0.3 is 0 Å². The van der Waals surface area contributed by atoms with Gasteiger partial charge in [-0.05, 0) is 19.1 Å². The number of piperazine rings is 1. The van der Waals surface area contributed by atoms with Crippen molar-refractivity contribution in [2.75, 3.05) is 52.5 Å². The Balaban J connectivity index is 1.35. The molecule has 2 aliphatic heterocycles. The fourth-order valence-corrected chi connectivity index (χ4v) is 4.11. The largest absolute Gasteiger partial charge is 0.378 e. The smallest absolute Gasteiger partial charge is 0.258 e. The molecule has 2 aromatic heterocycles. The van der Waals surface area contributed by atoms with E-state index in [1.165, 1.54) is 4.40 Å². The molecule has 2 fully saturated rings. The van der Waals surface area contributed by atoms with Crippen LogP contribution in [0.25, 0.3) is 5.65 Å². The average molecular weight is 420 g/mol. The number of aromatic nitrogens is 2. The van der Waals surface area contributed by atoms with Crippen molar-refractivity contribution in [3.63, 3.8) is 0 Å². The standard InChI is InChI=1S/C20H26ClN5O3/c1-15(20(28)25-8-10-29-11-9-25)24-6-4-23(5-7-24)14-17-12-19(27)26-13-16(21)2-3-18(26)22-17/h2-3,12-13,15H,4-11,14H2,1H3. The van der Waals surface area contributed by atoms with Crippen LogP contribution in [0.5, 0.6) is 0 Å². The van der Waals surface area contributed by atoms with E-state index < -0.39 is 0 Å². The summed E-state index contributed by atoms with van der Waals surface area (Å²) < 4.78 is 6.80. The molecule has 9 heteroatoms. The molecule has 0 radical (unpaired) electrons. The molecule has 0 saturated carbocycles. The lowest BCUT2D eigenvalue weighted by molar-refractivity contribution is -0.141. The van der Waals surface area contributed by atoms with E-state index in [-0.39, 0.29) is 17.5 Å². The van der Waals surface area contributed by atoms with Crippen LogP contribution in [0.3, 0.4) is 0 Å². The minimum absolute atomic E-state index is 0.122. The van der Waals surface area contributed by atoms with Gasteiger partial charge in [-0.15, -0.1) is 0 Å². The van der Waals surface area contributed by atoms with Gasteiger partial charge in [0.05, 0.1) is 30.0 Å². The Kier molecular flexibility index (Phi) is 6.15. The lowest BCUT2D eigenvalue weighted by Gasteiger charge is -2.39.